The van der Waals surface area contributed by atoms with E-state index in [-0.39, 0.29) is 17.5 Å². The van der Waals surface area contributed by atoms with Gasteiger partial charge in [-0.1, -0.05) is 43.3 Å². The van der Waals surface area contributed by atoms with E-state index in [0.29, 0.717) is 0 Å². The summed E-state index contributed by atoms with van der Waals surface area (Å²) in [6, 6.07) is 16.7. The maximum atomic E-state index is 13.8. The van der Waals surface area contributed by atoms with Crippen LogP contribution in [0, 0.1) is 17.3 Å². The van der Waals surface area contributed by atoms with Crippen LogP contribution in [-0.4, -0.2) is 71.6 Å². The first-order valence-electron chi connectivity index (χ1n) is 15.4. The molecule has 9 atom stereocenters. The predicted octanol–water partition coefficient (Wildman–Crippen LogP) is 4.46. The Labute approximate surface area is 267 Å². The van der Waals surface area contributed by atoms with Gasteiger partial charge in [-0.15, -0.1) is 0 Å². The minimum Gasteiger partial charge on any atom is -0.459 e. The lowest BCUT2D eigenvalue weighted by atomic mass is 9.47. The Morgan fingerprint density at radius 3 is 1.61 bits per heavy atom. The lowest BCUT2D eigenvalue weighted by molar-refractivity contribution is -0.313. The van der Waals surface area contributed by atoms with Gasteiger partial charge in [-0.25, -0.2) is 9.59 Å². The third-order valence-electron chi connectivity index (χ3n) is 9.71. The smallest absolute Gasteiger partial charge is 0.338 e. The van der Waals surface area contributed by atoms with Crippen LogP contribution in [0.25, 0.3) is 0 Å². The van der Waals surface area contributed by atoms with Crippen LogP contribution < -0.4 is 0 Å². The van der Waals surface area contributed by atoms with Crippen molar-refractivity contribution >= 4 is 29.8 Å². The number of hydrogen-bond acceptors (Lipinski definition) is 11. The van der Waals surface area contributed by atoms with Crippen LogP contribution in [0.2, 0.25) is 0 Å². The number of fused-ring (bicyclic) bond motifs is 1. The van der Waals surface area contributed by atoms with Crippen molar-refractivity contribution in [3.63, 3.8) is 0 Å². The van der Waals surface area contributed by atoms with Crippen LogP contribution in [0.1, 0.15) is 75.6 Å². The molecular formula is C35H40O11. The number of benzene rings is 2. The molecule has 46 heavy (non-hydrogen) atoms. The van der Waals surface area contributed by atoms with Gasteiger partial charge < -0.3 is 28.4 Å². The van der Waals surface area contributed by atoms with Gasteiger partial charge in [-0.05, 0) is 57.4 Å². The molecule has 0 radical (unpaired) electrons. The fourth-order valence-corrected chi connectivity index (χ4v) is 8.15. The van der Waals surface area contributed by atoms with Gasteiger partial charge in [0.05, 0.1) is 28.1 Å². The zero-order valence-corrected chi connectivity index (χ0v) is 27.0. The quantitative estimate of drug-likeness (QED) is 0.314. The second-order valence-corrected chi connectivity index (χ2v) is 13.1. The van der Waals surface area contributed by atoms with Crippen molar-refractivity contribution in [1.82, 2.24) is 0 Å². The van der Waals surface area contributed by atoms with Crippen molar-refractivity contribution < 1.29 is 52.4 Å². The fraction of sp³-hybridized carbons (Fsp3) is 0.514. The summed E-state index contributed by atoms with van der Waals surface area (Å²) in [6.07, 6.45) is -5.75. The van der Waals surface area contributed by atoms with Gasteiger partial charge in [0.25, 0.3) is 0 Å². The fourth-order valence-electron chi connectivity index (χ4n) is 8.15. The van der Waals surface area contributed by atoms with Gasteiger partial charge in [0.2, 0.25) is 0 Å². The Morgan fingerprint density at radius 1 is 0.652 bits per heavy atom. The Morgan fingerprint density at radius 2 is 1.13 bits per heavy atom. The van der Waals surface area contributed by atoms with E-state index in [1.54, 1.807) is 81.4 Å². The average Bonchev–Trinajstić information content (AvgIpc) is 3.19. The van der Waals surface area contributed by atoms with Gasteiger partial charge >= 0.3 is 29.8 Å². The SMILES string of the molecule is CC(=O)O[C@H]1[C@@H]2[C@@H](OC(=O)c3ccccc3)[C@]3(OC2(C)C)[C@H](C)C[C@@H](OC(C)=O)[C@H](OC(C)=O)[C@@]3(C)[C@H]1OC(=O)c1ccccc1. The summed E-state index contributed by atoms with van der Waals surface area (Å²) in [5.74, 6) is -4.71. The Hall–Kier alpha value is -4.25. The average molecular weight is 637 g/mol. The molecule has 5 rings (SSSR count). The molecule has 1 heterocycles. The van der Waals surface area contributed by atoms with Crippen molar-refractivity contribution in [3.05, 3.63) is 71.8 Å². The normalized spacial score (nSPS) is 33.9. The van der Waals surface area contributed by atoms with Crippen LogP contribution in [-0.2, 0) is 42.8 Å². The summed E-state index contributed by atoms with van der Waals surface area (Å²) in [6.45, 7) is 10.8. The minimum absolute atomic E-state index is 0.160. The second kappa shape index (κ2) is 12.2. The van der Waals surface area contributed by atoms with Crippen LogP contribution >= 0.6 is 0 Å². The highest BCUT2D eigenvalue weighted by Crippen LogP contribution is 2.68. The molecule has 2 aromatic rings. The van der Waals surface area contributed by atoms with E-state index in [1.165, 1.54) is 20.8 Å². The predicted molar refractivity (Wildman–Crippen MR) is 161 cm³/mol. The maximum Gasteiger partial charge on any atom is 0.338 e. The molecule has 1 spiro atoms. The number of rotatable bonds is 7. The van der Waals surface area contributed by atoms with Gasteiger partial charge in [0.1, 0.15) is 23.9 Å². The van der Waals surface area contributed by atoms with Crippen molar-refractivity contribution in [2.24, 2.45) is 17.3 Å². The van der Waals surface area contributed by atoms with E-state index < -0.39 is 88.8 Å². The van der Waals surface area contributed by atoms with Crippen molar-refractivity contribution in [2.75, 3.05) is 0 Å². The van der Waals surface area contributed by atoms with E-state index in [9.17, 15) is 24.0 Å². The molecule has 0 N–H and O–H groups in total. The highest BCUT2D eigenvalue weighted by molar-refractivity contribution is 5.90. The van der Waals surface area contributed by atoms with Crippen molar-refractivity contribution in [3.8, 4) is 0 Å². The summed E-state index contributed by atoms with van der Waals surface area (Å²) in [5.41, 5.74) is -3.69. The van der Waals surface area contributed by atoms with E-state index in [0.717, 1.165) is 0 Å². The highest BCUT2D eigenvalue weighted by atomic mass is 16.6. The molecule has 1 saturated heterocycles. The van der Waals surface area contributed by atoms with Crippen molar-refractivity contribution in [2.45, 2.75) is 96.6 Å². The number of hydrogen-bond donors (Lipinski definition) is 0. The highest BCUT2D eigenvalue weighted by Gasteiger charge is 2.83. The van der Waals surface area contributed by atoms with E-state index in [2.05, 4.69) is 0 Å². The first-order valence-corrected chi connectivity index (χ1v) is 15.4. The zero-order valence-electron chi connectivity index (χ0n) is 27.0. The third kappa shape index (κ3) is 5.44. The first-order chi connectivity index (χ1) is 21.6. The van der Waals surface area contributed by atoms with Crippen LogP contribution in [0.5, 0.6) is 0 Å². The molecule has 0 amide bonds. The molecule has 11 nitrogen and oxygen atoms in total. The topological polar surface area (TPSA) is 141 Å². The lowest BCUT2D eigenvalue weighted by Crippen LogP contribution is -2.79. The molecule has 2 aromatic carbocycles. The second-order valence-electron chi connectivity index (χ2n) is 13.1. The largest absolute Gasteiger partial charge is 0.459 e. The van der Waals surface area contributed by atoms with Crippen LogP contribution in [0.3, 0.4) is 0 Å². The van der Waals surface area contributed by atoms with Gasteiger partial charge in [0, 0.05) is 20.8 Å². The van der Waals surface area contributed by atoms with E-state index in [4.69, 9.17) is 28.4 Å². The molecule has 2 bridgehead atoms. The molecule has 3 aliphatic rings. The van der Waals surface area contributed by atoms with Gasteiger partial charge in [-0.2, -0.15) is 0 Å². The molecular weight excluding hydrogens is 596 g/mol. The van der Waals surface area contributed by atoms with E-state index >= 15 is 0 Å². The van der Waals surface area contributed by atoms with Crippen LogP contribution in [0.15, 0.2) is 60.7 Å². The van der Waals surface area contributed by atoms with Crippen molar-refractivity contribution in [1.29, 1.82) is 0 Å². The lowest BCUT2D eigenvalue weighted by Gasteiger charge is -2.63. The Bertz CT molecular complexity index is 1500. The molecule has 0 aromatic heterocycles. The molecule has 2 aliphatic carbocycles. The molecule has 2 saturated carbocycles. The molecule has 246 valence electrons. The number of carbonyl (C=O) groups is 5. The number of carbonyl (C=O) groups excluding carboxylic acids is 5. The monoisotopic (exact) mass is 636 g/mol. The maximum absolute atomic E-state index is 13.8. The molecule has 0 unspecified atom stereocenters. The molecule has 11 heteroatoms. The van der Waals surface area contributed by atoms with Gasteiger partial charge in [0.15, 0.2) is 12.2 Å². The number of ether oxygens (including phenoxy) is 6. The summed E-state index contributed by atoms with van der Waals surface area (Å²) < 4.78 is 37.5. The number of esters is 5. The first kappa shape index (κ1) is 33.1. The van der Waals surface area contributed by atoms with E-state index in [1.807, 2.05) is 6.92 Å². The summed E-state index contributed by atoms with van der Waals surface area (Å²) in [7, 11) is 0. The van der Waals surface area contributed by atoms with Crippen LogP contribution in [0.4, 0.5) is 0 Å². The Balaban J connectivity index is 1.77. The molecule has 3 fully saturated rings. The Kier molecular flexibility index (Phi) is 8.76. The minimum atomic E-state index is -1.60. The summed E-state index contributed by atoms with van der Waals surface area (Å²) in [4.78, 5) is 65.4. The summed E-state index contributed by atoms with van der Waals surface area (Å²) in [5, 5.41) is 0. The standard InChI is InChI=1S/C35H40O11/c1-19-18-25(41-20(2)36)28(43-22(4)38)34(7)30(45-32(40)24-16-12-9-13-17-24)27(42-21(3)37)26-29(35(19,34)46-33(26,5)6)44-31(39)23-14-10-8-11-15-23/h8-17,19,25-30H,18H2,1-7H3/t19-,25-,26-,27+,28+,29-,30+,34+,35-/m1/s1. The molecule has 1 aliphatic heterocycles. The third-order valence-corrected chi connectivity index (χ3v) is 9.71. The van der Waals surface area contributed by atoms with Gasteiger partial charge in [-0.3, -0.25) is 14.4 Å². The zero-order chi connectivity index (χ0) is 33.6. The summed E-state index contributed by atoms with van der Waals surface area (Å²) >= 11 is 0.